The molecule has 0 aromatic heterocycles. The van der Waals surface area contributed by atoms with Crippen molar-refractivity contribution in [2.45, 2.75) is 6.92 Å². The molecule has 0 radical (unpaired) electrons. The summed E-state index contributed by atoms with van der Waals surface area (Å²) >= 11 is -3.24. The van der Waals surface area contributed by atoms with Crippen molar-refractivity contribution in [3.8, 4) is 0 Å². The second kappa shape index (κ2) is 7.63. The van der Waals surface area contributed by atoms with Crippen molar-refractivity contribution in [2.75, 3.05) is 0 Å². The van der Waals surface area contributed by atoms with Crippen LogP contribution in [-0.2, 0) is 13.0 Å². The minimum absolute atomic E-state index is 1.28. The fourth-order valence-corrected chi connectivity index (χ4v) is 31.3. The molecule has 0 N–H and O–H groups in total. The Bertz CT molecular complexity index is 746. The SMILES string of the molecule is C[CH]=[Pt]([Cl])([Cl])[PH](c1ccccc1)(c1ccccc1)c1ccccc1. The monoisotopic (exact) mass is 556 g/mol. The van der Waals surface area contributed by atoms with E-state index >= 15 is 0 Å². The summed E-state index contributed by atoms with van der Waals surface area (Å²) in [5, 5.41) is 1.34. The molecular formula is C20H20Cl2PPt. The van der Waals surface area contributed by atoms with Crippen molar-refractivity contribution in [1.82, 2.24) is 0 Å². The van der Waals surface area contributed by atoms with E-state index in [1.54, 1.807) is 0 Å². The van der Waals surface area contributed by atoms with Gasteiger partial charge < -0.3 is 0 Å². The van der Waals surface area contributed by atoms with Crippen LogP contribution in [0.25, 0.3) is 0 Å². The summed E-state index contributed by atoms with van der Waals surface area (Å²) in [4.78, 5) is 0. The number of hydrogen-bond donors (Lipinski definition) is 0. The summed E-state index contributed by atoms with van der Waals surface area (Å²) in [7, 11) is 14.4. The van der Waals surface area contributed by atoms with Crippen LogP contribution in [0.2, 0.25) is 0 Å². The molecule has 3 aromatic carbocycles. The molecule has 0 saturated carbocycles. The predicted molar refractivity (Wildman–Crippen MR) is 110 cm³/mol. The third-order valence-electron chi connectivity index (χ3n) is 4.01. The van der Waals surface area contributed by atoms with Crippen LogP contribution in [0, 0.1) is 0 Å². The molecule has 0 bridgehead atoms. The Morgan fingerprint density at radius 2 is 0.917 bits per heavy atom. The molecule has 0 amide bonds. The summed E-state index contributed by atoms with van der Waals surface area (Å²) in [6.45, 7) is 2.02. The zero-order valence-electron chi connectivity index (χ0n) is 13.3. The molecule has 3 rings (SSSR count). The van der Waals surface area contributed by atoms with Crippen LogP contribution in [0.5, 0.6) is 0 Å². The molecule has 0 aliphatic heterocycles. The standard InChI is InChI=1S/C18H15P.C2H4.2ClH.Pt/c1-4-10-16(11-5-1)19(17-12-6-2-7-13-17)18-14-8-3-9-15-18;1-2;;;/h1-15H;1H,2H3;2*1H;/q;;;;+1/p-1. The maximum absolute atomic E-state index is 7.20. The maximum atomic E-state index is 7.20. The molecule has 24 heavy (non-hydrogen) atoms. The molecule has 0 nitrogen and oxygen atoms in total. The van der Waals surface area contributed by atoms with Gasteiger partial charge in [-0.25, -0.2) is 0 Å². The molecule has 4 heteroatoms. The van der Waals surface area contributed by atoms with Crippen molar-refractivity contribution in [1.29, 1.82) is 0 Å². The first-order valence-corrected chi connectivity index (χ1v) is 19.8. The van der Waals surface area contributed by atoms with Crippen LogP contribution in [0.4, 0.5) is 0 Å². The van der Waals surface area contributed by atoms with E-state index in [9.17, 15) is 0 Å². The van der Waals surface area contributed by atoms with Crippen LogP contribution < -0.4 is 15.9 Å². The van der Waals surface area contributed by atoms with E-state index in [-0.39, 0.29) is 0 Å². The second-order valence-corrected chi connectivity index (χ2v) is 32.0. The van der Waals surface area contributed by atoms with Gasteiger partial charge in [0, 0.05) is 0 Å². The van der Waals surface area contributed by atoms with Gasteiger partial charge >= 0.3 is 155 Å². The first kappa shape index (κ1) is 18.0. The number of benzene rings is 3. The van der Waals surface area contributed by atoms with Crippen LogP contribution in [0.3, 0.4) is 0 Å². The van der Waals surface area contributed by atoms with Crippen molar-refractivity contribution < 1.29 is 13.0 Å². The van der Waals surface area contributed by atoms with E-state index in [4.69, 9.17) is 18.8 Å². The van der Waals surface area contributed by atoms with Crippen LogP contribution in [0.1, 0.15) is 6.92 Å². The van der Waals surface area contributed by atoms with Crippen molar-refractivity contribution >= 4 is 44.5 Å². The van der Waals surface area contributed by atoms with Gasteiger partial charge in [0.25, 0.3) is 0 Å². The fourth-order valence-electron chi connectivity index (χ4n) is 2.97. The van der Waals surface area contributed by atoms with Gasteiger partial charge in [-0.3, -0.25) is 0 Å². The number of hydrogen-bond acceptors (Lipinski definition) is 0. The van der Waals surface area contributed by atoms with E-state index in [2.05, 4.69) is 77.2 Å². The Kier molecular flexibility index (Phi) is 5.73. The van der Waals surface area contributed by atoms with E-state index in [1.807, 2.05) is 25.1 Å². The van der Waals surface area contributed by atoms with E-state index in [0.717, 1.165) is 0 Å². The molecule has 0 saturated heterocycles. The van der Waals surface area contributed by atoms with Crippen molar-refractivity contribution in [3.63, 3.8) is 0 Å². The molecule has 129 valence electrons. The molecule has 3 aromatic rings. The average molecular weight is 557 g/mol. The molecule has 0 spiro atoms. The van der Waals surface area contributed by atoms with Gasteiger partial charge in [0.2, 0.25) is 0 Å². The Hall–Kier alpha value is -0.772. The molecule has 0 atom stereocenters. The normalized spacial score (nSPS) is 13.3. The van der Waals surface area contributed by atoms with E-state index in [1.165, 1.54) is 15.9 Å². The first-order chi connectivity index (χ1) is 11.6. The van der Waals surface area contributed by atoms with Gasteiger partial charge in [-0.15, -0.1) is 0 Å². The van der Waals surface area contributed by atoms with E-state index < -0.39 is 18.4 Å². The van der Waals surface area contributed by atoms with Gasteiger partial charge in [-0.1, -0.05) is 0 Å². The Morgan fingerprint density at radius 1 is 0.625 bits per heavy atom. The summed E-state index contributed by atoms with van der Waals surface area (Å²) < 4.78 is 2.11. The zero-order valence-corrected chi connectivity index (χ0v) is 18.1. The third-order valence-corrected chi connectivity index (χ3v) is 34.8. The van der Waals surface area contributed by atoms with Gasteiger partial charge in [0.1, 0.15) is 0 Å². The number of halogens is 2. The van der Waals surface area contributed by atoms with Gasteiger partial charge in [-0.05, 0) is 0 Å². The predicted octanol–water partition coefficient (Wildman–Crippen LogP) is 4.91. The first-order valence-electron chi connectivity index (χ1n) is 7.64. The summed E-state index contributed by atoms with van der Waals surface area (Å²) in [6.07, 6.45) is 0. The Balaban J connectivity index is 2.48. The molecular weight excluding hydrogens is 537 g/mol. The van der Waals surface area contributed by atoms with Crippen LogP contribution >= 0.6 is 24.2 Å². The van der Waals surface area contributed by atoms with E-state index in [0.29, 0.717) is 0 Å². The molecule has 0 heterocycles. The third kappa shape index (κ3) is 3.07. The van der Waals surface area contributed by atoms with Gasteiger partial charge in [-0.2, -0.15) is 0 Å². The van der Waals surface area contributed by atoms with Crippen LogP contribution in [0.15, 0.2) is 91.0 Å². The average Bonchev–Trinajstić information content (AvgIpc) is 2.65. The Morgan fingerprint density at radius 3 is 1.17 bits per heavy atom. The van der Waals surface area contributed by atoms with Crippen molar-refractivity contribution in [3.05, 3.63) is 91.0 Å². The minimum atomic E-state index is -3.24. The fraction of sp³-hybridized carbons (Fsp3) is 0.0500. The van der Waals surface area contributed by atoms with Crippen molar-refractivity contribution in [2.24, 2.45) is 0 Å². The molecule has 0 aliphatic carbocycles. The molecule has 0 unspecified atom stereocenters. The number of rotatable bonds is 4. The molecule has 0 aliphatic rings. The summed E-state index contributed by atoms with van der Waals surface area (Å²) in [5.74, 6) is 0. The second-order valence-electron chi connectivity index (χ2n) is 5.29. The van der Waals surface area contributed by atoms with Crippen LogP contribution in [-0.4, -0.2) is 4.40 Å². The molecule has 0 fully saturated rings. The van der Waals surface area contributed by atoms with Gasteiger partial charge in [0.15, 0.2) is 0 Å². The summed E-state index contributed by atoms with van der Waals surface area (Å²) in [5.41, 5.74) is 0. The topological polar surface area (TPSA) is 0 Å². The zero-order chi connectivity index (χ0) is 17.0. The Labute approximate surface area is 154 Å². The quantitative estimate of drug-likeness (QED) is 0.400. The summed E-state index contributed by atoms with van der Waals surface area (Å²) in [6, 6.07) is 31.8. The van der Waals surface area contributed by atoms with Gasteiger partial charge in [0.05, 0.1) is 0 Å².